The smallest absolute Gasteiger partial charge is 0.229 e. The molecule has 1 atom stereocenters. The summed E-state index contributed by atoms with van der Waals surface area (Å²) in [4.78, 5) is 0. The van der Waals surface area contributed by atoms with Crippen LogP contribution >= 0.6 is 11.8 Å². The molecule has 0 saturated heterocycles. The SMILES string of the molecule is COc1ccc(OC)c(-n2nnnc2S[C@@H](C)c2nnc(C)o2)c1. The lowest BCUT2D eigenvalue weighted by molar-refractivity contribution is 0.399. The number of hydrogen-bond acceptors (Lipinski definition) is 9. The predicted molar refractivity (Wildman–Crippen MR) is 85.6 cm³/mol. The fourth-order valence-electron chi connectivity index (χ4n) is 2.05. The number of hydrogen-bond donors (Lipinski definition) is 0. The van der Waals surface area contributed by atoms with Gasteiger partial charge in [-0.05, 0) is 29.5 Å². The summed E-state index contributed by atoms with van der Waals surface area (Å²) in [5.41, 5.74) is 0.679. The Balaban J connectivity index is 1.93. The van der Waals surface area contributed by atoms with Crippen molar-refractivity contribution in [2.45, 2.75) is 24.3 Å². The number of aromatic nitrogens is 6. The second-order valence-electron chi connectivity index (χ2n) is 4.83. The molecule has 9 nitrogen and oxygen atoms in total. The molecule has 10 heteroatoms. The number of thioether (sulfide) groups is 1. The molecule has 3 rings (SSSR count). The third-order valence-electron chi connectivity index (χ3n) is 3.23. The highest BCUT2D eigenvalue weighted by Crippen LogP contribution is 2.35. The van der Waals surface area contributed by atoms with E-state index < -0.39 is 0 Å². The minimum absolute atomic E-state index is 0.104. The first kappa shape index (κ1) is 16.2. The number of aryl methyl sites for hydroxylation is 1. The molecule has 24 heavy (non-hydrogen) atoms. The van der Waals surface area contributed by atoms with Crippen molar-refractivity contribution in [3.8, 4) is 17.2 Å². The van der Waals surface area contributed by atoms with Gasteiger partial charge in [-0.2, -0.15) is 4.68 Å². The molecule has 126 valence electrons. The lowest BCUT2D eigenvalue weighted by Gasteiger charge is -2.12. The van der Waals surface area contributed by atoms with Gasteiger partial charge in [-0.15, -0.1) is 15.3 Å². The van der Waals surface area contributed by atoms with Crippen LogP contribution in [0.1, 0.15) is 24.0 Å². The van der Waals surface area contributed by atoms with Crippen LogP contribution in [-0.4, -0.2) is 44.6 Å². The van der Waals surface area contributed by atoms with Crippen LogP contribution in [0.3, 0.4) is 0 Å². The molecule has 0 aliphatic carbocycles. The summed E-state index contributed by atoms with van der Waals surface area (Å²) in [7, 11) is 3.19. The molecule has 2 aromatic heterocycles. The summed E-state index contributed by atoms with van der Waals surface area (Å²) in [5, 5.41) is 20.2. The van der Waals surface area contributed by atoms with Crippen LogP contribution < -0.4 is 9.47 Å². The lowest BCUT2D eigenvalue weighted by Crippen LogP contribution is -2.03. The number of tetrazole rings is 1. The van der Waals surface area contributed by atoms with E-state index in [1.807, 2.05) is 13.0 Å². The summed E-state index contributed by atoms with van der Waals surface area (Å²) in [5.74, 6) is 2.35. The fourth-order valence-corrected chi connectivity index (χ4v) is 2.88. The maximum atomic E-state index is 5.46. The van der Waals surface area contributed by atoms with Crippen molar-refractivity contribution in [1.82, 2.24) is 30.4 Å². The molecular weight excluding hydrogens is 332 g/mol. The first-order chi connectivity index (χ1) is 11.6. The molecule has 3 aromatic rings. The van der Waals surface area contributed by atoms with Crippen molar-refractivity contribution in [2.24, 2.45) is 0 Å². The van der Waals surface area contributed by atoms with Crippen molar-refractivity contribution >= 4 is 11.8 Å². The molecule has 0 spiro atoms. The Bertz CT molecular complexity index is 834. The molecule has 0 unspecified atom stereocenters. The van der Waals surface area contributed by atoms with E-state index >= 15 is 0 Å². The summed E-state index contributed by atoms with van der Waals surface area (Å²) in [6.07, 6.45) is 0. The van der Waals surface area contributed by atoms with Gasteiger partial charge in [-0.1, -0.05) is 11.8 Å². The topological polar surface area (TPSA) is 101 Å². The number of methoxy groups -OCH3 is 2. The highest BCUT2D eigenvalue weighted by molar-refractivity contribution is 7.99. The highest BCUT2D eigenvalue weighted by Gasteiger charge is 2.20. The zero-order chi connectivity index (χ0) is 17.1. The minimum atomic E-state index is -0.104. The summed E-state index contributed by atoms with van der Waals surface area (Å²) in [6.45, 7) is 3.69. The van der Waals surface area contributed by atoms with Crippen LogP contribution in [-0.2, 0) is 0 Å². The first-order valence-electron chi connectivity index (χ1n) is 7.09. The third-order valence-corrected chi connectivity index (χ3v) is 4.25. The van der Waals surface area contributed by atoms with Crippen molar-refractivity contribution < 1.29 is 13.9 Å². The molecule has 0 aliphatic heterocycles. The Hall–Kier alpha value is -2.62. The molecule has 0 N–H and O–H groups in total. The maximum absolute atomic E-state index is 5.46. The summed E-state index contributed by atoms with van der Waals surface area (Å²) < 4.78 is 17.7. The zero-order valence-electron chi connectivity index (χ0n) is 13.6. The third kappa shape index (κ3) is 3.18. The average Bonchev–Trinajstić information content (AvgIpc) is 3.23. The summed E-state index contributed by atoms with van der Waals surface area (Å²) in [6, 6.07) is 5.42. The molecule has 0 bridgehead atoms. The Labute approximate surface area is 142 Å². The van der Waals surface area contributed by atoms with E-state index in [4.69, 9.17) is 13.9 Å². The van der Waals surface area contributed by atoms with E-state index in [9.17, 15) is 0 Å². The van der Waals surface area contributed by atoms with Crippen molar-refractivity contribution in [1.29, 1.82) is 0 Å². The standard InChI is InChI=1S/C14H16N6O3S/c1-8(13-16-15-9(2)23-13)24-14-17-18-19-20(14)11-7-10(21-3)5-6-12(11)22-4/h5-8H,1-4H3/t8-/m0/s1. The van der Waals surface area contributed by atoms with E-state index in [2.05, 4.69) is 25.7 Å². The second-order valence-corrected chi connectivity index (χ2v) is 6.14. The average molecular weight is 348 g/mol. The van der Waals surface area contributed by atoms with E-state index in [0.29, 0.717) is 34.1 Å². The molecule has 0 saturated carbocycles. The molecule has 0 fully saturated rings. The van der Waals surface area contributed by atoms with Crippen LogP contribution in [0.5, 0.6) is 11.5 Å². The van der Waals surface area contributed by atoms with Crippen LogP contribution in [0, 0.1) is 6.92 Å². The zero-order valence-corrected chi connectivity index (χ0v) is 14.4. The van der Waals surface area contributed by atoms with E-state index in [1.54, 1.807) is 38.0 Å². The minimum Gasteiger partial charge on any atom is -0.497 e. The van der Waals surface area contributed by atoms with Crippen molar-refractivity contribution in [3.63, 3.8) is 0 Å². The van der Waals surface area contributed by atoms with Crippen LogP contribution in [0.15, 0.2) is 27.8 Å². The maximum Gasteiger partial charge on any atom is 0.229 e. The molecule has 0 radical (unpaired) electrons. The number of benzene rings is 1. The Morgan fingerprint density at radius 2 is 2.00 bits per heavy atom. The Kier molecular flexibility index (Phi) is 4.65. The van der Waals surface area contributed by atoms with Crippen LogP contribution in [0.4, 0.5) is 0 Å². The normalized spacial score (nSPS) is 12.2. The monoisotopic (exact) mass is 348 g/mol. The number of ether oxygens (including phenoxy) is 2. The van der Waals surface area contributed by atoms with Gasteiger partial charge < -0.3 is 13.9 Å². The molecule has 1 aromatic carbocycles. The van der Waals surface area contributed by atoms with Crippen LogP contribution in [0.2, 0.25) is 0 Å². The van der Waals surface area contributed by atoms with Gasteiger partial charge in [0.2, 0.25) is 16.9 Å². The molecule has 2 heterocycles. The van der Waals surface area contributed by atoms with Crippen LogP contribution in [0.25, 0.3) is 5.69 Å². The molecule has 0 amide bonds. The Morgan fingerprint density at radius 3 is 2.67 bits per heavy atom. The highest BCUT2D eigenvalue weighted by atomic mass is 32.2. The number of rotatable bonds is 6. The lowest BCUT2D eigenvalue weighted by atomic mass is 10.3. The predicted octanol–water partition coefficient (Wildman–Crippen LogP) is 2.22. The number of nitrogens with zero attached hydrogens (tertiary/aromatic N) is 6. The van der Waals surface area contributed by atoms with Gasteiger partial charge in [-0.3, -0.25) is 0 Å². The van der Waals surface area contributed by atoms with Gasteiger partial charge >= 0.3 is 0 Å². The Morgan fingerprint density at radius 1 is 1.17 bits per heavy atom. The van der Waals surface area contributed by atoms with Crippen molar-refractivity contribution in [2.75, 3.05) is 14.2 Å². The van der Waals surface area contributed by atoms with Gasteiger partial charge in [-0.25, -0.2) is 0 Å². The first-order valence-corrected chi connectivity index (χ1v) is 7.97. The largest absolute Gasteiger partial charge is 0.497 e. The van der Waals surface area contributed by atoms with Crippen molar-refractivity contribution in [3.05, 3.63) is 30.0 Å². The molecular formula is C14H16N6O3S. The fraction of sp³-hybridized carbons (Fsp3) is 0.357. The van der Waals surface area contributed by atoms with Gasteiger partial charge in [0, 0.05) is 13.0 Å². The second kappa shape index (κ2) is 6.87. The molecule has 0 aliphatic rings. The van der Waals surface area contributed by atoms with Gasteiger partial charge in [0.1, 0.15) is 17.2 Å². The van der Waals surface area contributed by atoms with E-state index in [-0.39, 0.29) is 5.25 Å². The quantitative estimate of drug-likeness (QED) is 0.620. The van der Waals surface area contributed by atoms with Gasteiger partial charge in [0.05, 0.1) is 19.5 Å². The van der Waals surface area contributed by atoms with E-state index in [1.165, 1.54) is 11.8 Å². The van der Waals surface area contributed by atoms with Gasteiger partial charge in [0.25, 0.3) is 0 Å². The van der Waals surface area contributed by atoms with Gasteiger partial charge in [0.15, 0.2) is 0 Å². The summed E-state index contributed by atoms with van der Waals surface area (Å²) >= 11 is 1.41. The van der Waals surface area contributed by atoms with E-state index in [0.717, 1.165) is 0 Å².